The molecule has 1 unspecified atom stereocenters. The molecule has 1 aliphatic rings. The Kier molecular flexibility index (Phi) is 5.17. The largest absolute Gasteiger partial charge is 0.372 e. The molecule has 1 aliphatic heterocycles. The molecule has 0 fully saturated rings. The van der Waals surface area contributed by atoms with Crippen LogP contribution in [0.3, 0.4) is 0 Å². The number of amides is 1. The lowest BCUT2D eigenvalue weighted by atomic mass is 10.1. The van der Waals surface area contributed by atoms with Crippen LogP contribution in [0, 0.1) is 0 Å². The average Bonchev–Trinajstić information content (AvgIpc) is 2.41. The SMILES string of the molecule is CCCCCCN1C(=O)C(C)Nc2cc(Cl)c(Cl)cc21. The molecule has 1 aromatic rings. The molecule has 5 heteroatoms. The van der Waals surface area contributed by atoms with E-state index in [9.17, 15) is 4.79 Å². The zero-order chi connectivity index (χ0) is 14.7. The van der Waals surface area contributed by atoms with Crippen molar-refractivity contribution in [1.82, 2.24) is 0 Å². The number of nitrogens with one attached hydrogen (secondary N) is 1. The Balaban J connectivity index is 2.22. The van der Waals surface area contributed by atoms with Crippen LogP contribution < -0.4 is 10.2 Å². The molecule has 0 spiro atoms. The van der Waals surface area contributed by atoms with Gasteiger partial charge in [-0.15, -0.1) is 0 Å². The molecule has 1 aromatic carbocycles. The van der Waals surface area contributed by atoms with Crippen LogP contribution in [0.2, 0.25) is 10.0 Å². The van der Waals surface area contributed by atoms with Crippen molar-refractivity contribution < 1.29 is 4.79 Å². The fraction of sp³-hybridized carbons (Fsp3) is 0.533. The number of carbonyl (C=O) groups excluding carboxylic acids is 1. The smallest absolute Gasteiger partial charge is 0.249 e. The van der Waals surface area contributed by atoms with E-state index < -0.39 is 0 Å². The van der Waals surface area contributed by atoms with Crippen molar-refractivity contribution in [3.63, 3.8) is 0 Å². The van der Waals surface area contributed by atoms with Crippen molar-refractivity contribution in [3.8, 4) is 0 Å². The zero-order valence-corrected chi connectivity index (χ0v) is 13.4. The van der Waals surface area contributed by atoms with Gasteiger partial charge in [-0.1, -0.05) is 49.4 Å². The summed E-state index contributed by atoms with van der Waals surface area (Å²) >= 11 is 12.1. The molecule has 0 saturated heterocycles. The first kappa shape index (κ1) is 15.5. The lowest BCUT2D eigenvalue weighted by Crippen LogP contribution is -2.46. The summed E-state index contributed by atoms with van der Waals surface area (Å²) in [5.41, 5.74) is 1.71. The minimum absolute atomic E-state index is 0.0902. The number of benzene rings is 1. The molecule has 0 saturated carbocycles. The van der Waals surface area contributed by atoms with Gasteiger partial charge in [0.15, 0.2) is 0 Å². The van der Waals surface area contributed by atoms with E-state index in [2.05, 4.69) is 12.2 Å². The Morgan fingerprint density at radius 1 is 1.20 bits per heavy atom. The predicted molar refractivity (Wildman–Crippen MR) is 86.0 cm³/mol. The third-order valence-electron chi connectivity index (χ3n) is 3.57. The molecule has 1 amide bonds. The van der Waals surface area contributed by atoms with Gasteiger partial charge < -0.3 is 10.2 Å². The molecule has 0 radical (unpaired) electrons. The van der Waals surface area contributed by atoms with Gasteiger partial charge in [0.1, 0.15) is 6.04 Å². The van der Waals surface area contributed by atoms with Crippen molar-refractivity contribution in [2.45, 2.75) is 45.6 Å². The van der Waals surface area contributed by atoms with Gasteiger partial charge in [-0.3, -0.25) is 4.79 Å². The fourth-order valence-corrected chi connectivity index (χ4v) is 2.77. The number of hydrogen-bond donors (Lipinski definition) is 1. The highest BCUT2D eigenvalue weighted by atomic mass is 35.5. The summed E-state index contributed by atoms with van der Waals surface area (Å²) < 4.78 is 0. The first-order valence-corrected chi connectivity index (χ1v) is 7.87. The molecule has 0 aliphatic carbocycles. The van der Waals surface area contributed by atoms with E-state index >= 15 is 0 Å². The van der Waals surface area contributed by atoms with E-state index in [1.807, 2.05) is 11.8 Å². The maximum absolute atomic E-state index is 12.3. The highest BCUT2D eigenvalue weighted by molar-refractivity contribution is 6.42. The molecule has 20 heavy (non-hydrogen) atoms. The molecule has 0 aromatic heterocycles. The van der Waals surface area contributed by atoms with Gasteiger partial charge in [-0.2, -0.15) is 0 Å². The number of hydrogen-bond acceptors (Lipinski definition) is 2. The number of halogens is 2. The first-order valence-electron chi connectivity index (χ1n) is 7.11. The van der Waals surface area contributed by atoms with Gasteiger partial charge in [-0.05, 0) is 25.5 Å². The third-order valence-corrected chi connectivity index (χ3v) is 4.30. The van der Waals surface area contributed by atoms with Gasteiger partial charge in [0, 0.05) is 6.54 Å². The second kappa shape index (κ2) is 6.68. The lowest BCUT2D eigenvalue weighted by molar-refractivity contribution is -0.119. The second-order valence-electron chi connectivity index (χ2n) is 5.20. The maximum atomic E-state index is 12.3. The summed E-state index contributed by atoms with van der Waals surface area (Å²) in [4.78, 5) is 14.2. The molecule has 1 heterocycles. The number of nitrogens with zero attached hydrogens (tertiary/aromatic N) is 1. The van der Waals surface area contributed by atoms with Crippen molar-refractivity contribution in [2.24, 2.45) is 0 Å². The van der Waals surface area contributed by atoms with Crippen molar-refractivity contribution in [2.75, 3.05) is 16.8 Å². The predicted octanol–water partition coefficient (Wildman–Crippen LogP) is 4.72. The van der Waals surface area contributed by atoms with Gasteiger partial charge in [0.25, 0.3) is 0 Å². The van der Waals surface area contributed by atoms with Crippen molar-refractivity contribution in [3.05, 3.63) is 22.2 Å². The summed E-state index contributed by atoms with van der Waals surface area (Å²) in [7, 11) is 0. The van der Waals surface area contributed by atoms with Gasteiger partial charge in [0.05, 0.1) is 21.4 Å². The van der Waals surface area contributed by atoms with Gasteiger partial charge in [0.2, 0.25) is 5.91 Å². The van der Waals surface area contributed by atoms with Crippen LogP contribution in [0.1, 0.15) is 39.5 Å². The zero-order valence-electron chi connectivity index (χ0n) is 11.9. The summed E-state index contributed by atoms with van der Waals surface area (Å²) in [6, 6.07) is 3.34. The molecular weight excluding hydrogens is 295 g/mol. The van der Waals surface area contributed by atoms with Crippen LogP contribution in [-0.2, 0) is 4.79 Å². The maximum Gasteiger partial charge on any atom is 0.249 e. The van der Waals surface area contributed by atoms with Crippen LogP contribution in [0.25, 0.3) is 0 Å². The van der Waals surface area contributed by atoms with Crippen LogP contribution >= 0.6 is 23.2 Å². The minimum Gasteiger partial charge on any atom is -0.372 e. The van der Waals surface area contributed by atoms with Crippen molar-refractivity contribution in [1.29, 1.82) is 0 Å². The number of rotatable bonds is 5. The van der Waals surface area contributed by atoms with E-state index in [1.54, 1.807) is 12.1 Å². The van der Waals surface area contributed by atoms with Gasteiger partial charge in [-0.25, -0.2) is 0 Å². The molecule has 2 rings (SSSR count). The second-order valence-corrected chi connectivity index (χ2v) is 6.01. The van der Waals surface area contributed by atoms with Crippen molar-refractivity contribution >= 4 is 40.5 Å². The number of unbranched alkanes of at least 4 members (excludes halogenated alkanes) is 3. The Labute approximate surface area is 130 Å². The van der Waals surface area contributed by atoms with Gasteiger partial charge >= 0.3 is 0 Å². The molecule has 1 N–H and O–H groups in total. The van der Waals surface area contributed by atoms with E-state index in [1.165, 1.54) is 12.8 Å². The summed E-state index contributed by atoms with van der Waals surface area (Å²) in [5.74, 6) is 0.0902. The summed E-state index contributed by atoms with van der Waals surface area (Å²) in [6.07, 6.45) is 4.53. The lowest BCUT2D eigenvalue weighted by Gasteiger charge is -2.34. The molecule has 0 bridgehead atoms. The normalized spacial score (nSPS) is 17.9. The Morgan fingerprint density at radius 3 is 2.60 bits per heavy atom. The first-order chi connectivity index (χ1) is 9.54. The molecule has 1 atom stereocenters. The summed E-state index contributed by atoms with van der Waals surface area (Å²) in [5, 5.41) is 4.16. The monoisotopic (exact) mass is 314 g/mol. The summed E-state index contributed by atoms with van der Waals surface area (Å²) in [6.45, 7) is 4.78. The Hall–Kier alpha value is -0.930. The number of carbonyl (C=O) groups is 1. The highest BCUT2D eigenvalue weighted by Crippen LogP contribution is 2.38. The molecule has 110 valence electrons. The van der Waals surface area contributed by atoms with E-state index in [-0.39, 0.29) is 11.9 Å². The Bertz CT molecular complexity index is 505. The topological polar surface area (TPSA) is 32.3 Å². The van der Waals surface area contributed by atoms with Crippen LogP contribution in [0.15, 0.2) is 12.1 Å². The highest BCUT2D eigenvalue weighted by Gasteiger charge is 2.29. The van der Waals surface area contributed by atoms with E-state index in [0.29, 0.717) is 10.0 Å². The third kappa shape index (κ3) is 3.21. The molecular formula is C15H20Cl2N2O. The fourth-order valence-electron chi connectivity index (χ4n) is 2.45. The minimum atomic E-state index is -0.231. The number of fused-ring (bicyclic) bond motifs is 1. The van der Waals surface area contributed by atoms with Crippen LogP contribution in [-0.4, -0.2) is 18.5 Å². The standard InChI is InChI=1S/C15H20Cl2N2O/c1-3-4-5-6-7-19-14-9-12(17)11(16)8-13(14)18-10(2)15(19)20/h8-10,18H,3-7H2,1-2H3. The quantitative estimate of drug-likeness (QED) is 0.797. The van der Waals surface area contributed by atoms with Crippen LogP contribution in [0.5, 0.6) is 0 Å². The number of anilines is 2. The van der Waals surface area contributed by atoms with Crippen LogP contribution in [0.4, 0.5) is 11.4 Å². The molecule has 3 nitrogen and oxygen atoms in total. The van der Waals surface area contributed by atoms with E-state index in [4.69, 9.17) is 23.2 Å². The average molecular weight is 315 g/mol. The Morgan fingerprint density at radius 2 is 1.90 bits per heavy atom. The van der Waals surface area contributed by atoms with E-state index in [0.717, 1.165) is 30.8 Å².